The van der Waals surface area contributed by atoms with Crippen LogP contribution in [0.3, 0.4) is 0 Å². The number of hydrogen-bond donors (Lipinski definition) is 4. The molecule has 208 valence electrons. The number of aliphatic hydroxyl groups excluding tert-OH is 3. The molecule has 5 nitrogen and oxygen atoms in total. The van der Waals surface area contributed by atoms with Gasteiger partial charge in [0.15, 0.2) is 0 Å². The van der Waals surface area contributed by atoms with Crippen molar-refractivity contribution in [3.05, 3.63) is 48.6 Å². The summed E-state index contributed by atoms with van der Waals surface area (Å²) >= 11 is 0. The van der Waals surface area contributed by atoms with Crippen molar-refractivity contribution in [2.75, 3.05) is 6.61 Å². The number of rotatable bonds is 24. The van der Waals surface area contributed by atoms with Crippen LogP contribution in [0, 0.1) is 0 Å². The summed E-state index contributed by atoms with van der Waals surface area (Å²) in [5.74, 6) is -0.535. The van der Waals surface area contributed by atoms with Crippen molar-refractivity contribution < 1.29 is 20.1 Å². The van der Waals surface area contributed by atoms with Crippen molar-refractivity contribution in [3.8, 4) is 0 Å². The molecule has 0 aliphatic carbocycles. The molecule has 0 heterocycles. The molecule has 0 aromatic heterocycles. The van der Waals surface area contributed by atoms with Crippen molar-refractivity contribution >= 4 is 5.91 Å². The average molecular weight is 506 g/mol. The molecule has 0 aliphatic rings. The van der Waals surface area contributed by atoms with E-state index in [0.717, 1.165) is 64.2 Å². The third kappa shape index (κ3) is 21.6. The van der Waals surface area contributed by atoms with Gasteiger partial charge in [0, 0.05) is 0 Å². The van der Waals surface area contributed by atoms with E-state index in [-0.39, 0.29) is 6.61 Å². The summed E-state index contributed by atoms with van der Waals surface area (Å²) in [5.41, 5.74) is 0. The van der Waals surface area contributed by atoms with E-state index in [1.165, 1.54) is 32.1 Å². The monoisotopic (exact) mass is 505 g/mol. The Morgan fingerprint density at radius 3 is 1.67 bits per heavy atom. The zero-order valence-corrected chi connectivity index (χ0v) is 23.1. The summed E-state index contributed by atoms with van der Waals surface area (Å²) in [5, 5.41) is 32.6. The van der Waals surface area contributed by atoms with Crippen LogP contribution in [-0.2, 0) is 4.79 Å². The molecule has 0 bridgehead atoms. The molecule has 0 spiro atoms. The van der Waals surface area contributed by atoms with Crippen LogP contribution in [-0.4, -0.2) is 46.1 Å². The first-order chi connectivity index (χ1) is 17.6. The first-order valence-corrected chi connectivity index (χ1v) is 14.5. The van der Waals surface area contributed by atoms with Crippen molar-refractivity contribution in [2.45, 2.75) is 135 Å². The summed E-state index contributed by atoms with van der Waals surface area (Å²) in [6.07, 6.45) is 31.2. The van der Waals surface area contributed by atoms with E-state index in [2.05, 4.69) is 55.6 Å². The van der Waals surface area contributed by atoms with Crippen molar-refractivity contribution in [3.63, 3.8) is 0 Å². The van der Waals surface area contributed by atoms with E-state index in [9.17, 15) is 20.1 Å². The van der Waals surface area contributed by atoms with Crippen LogP contribution in [0.2, 0.25) is 0 Å². The van der Waals surface area contributed by atoms with Gasteiger partial charge in [-0.15, -0.1) is 0 Å². The van der Waals surface area contributed by atoms with E-state index in [4.69, 9.17) is 0 Å². The van der Waals surface area contributed by atoms with Gasteiger partial charge in [-0.05, 0) is 57.8 Å². The van der Waals surface area contributed by atoms with Crippen LogP contribution in [0.25, 0.3) is 0 Å². The number of carbonyl (C=O) groups is 1. The highest BCUT2D eigenvalue weighted by atomic mass is 16.3. The van der Waals surface area contributed by atoms with Crippen LogP contribution in [0.15, 0.2) is 48.6 Å². The molecule has 0 saturated carbocycles. The Kier molecular flexibility index (Phi) is 25.1. The van der Waals surface area contributed by atoms with Gasteiger partial charge in [0.25, 0.3) is 0 Å². The second-order valence-corrected chi connectivity index (χ2v) is 9.58. The number of nitrogens with one attached hydrogen (secondary N) is 1. The first-order valence-electron chi connectivity index (χ1n) is 14.5. The van der Waals surface area contributed by atoms with Gasteiger partial charge in [-0.1, -0.05) is 107 Å². The molecule has 0 rings (SSSR count). The normalized spacial score (nSPS) is 14.9. The molecule has 5 heteroatoms. The number of unbranched alkanes of at least 4 members (excludes halogenated alkanes) is 10. The molecule has 4 N–H and O–H groups in total. The maximum atomic E-state index is 12.3. The quantitative estimate of drug-likeness (QED) is 0.0869. The molecular weight excluding hydrogens is 450 g/mol. The van der Waals surface area contributed by atoms with Crippen molar-refractivity contribution in [1.82, 2.24) is 5.32 Å². The Labute approximate surface area is 221 Å². The third-order valence-electron chi connectivity index (χ3n) is 6.12. The molecule has 0 aromatic carbocycles. The zero-order chi connectivity index (χ0) is 26.7. The lowest BCUT2D eigenvalue weighted by atomic mass is 10.1. The summed E-state index contributed by atoms with van der Waals surface area (Å²) < 4.78 is 0. The van der Waals surface area contributed by atoms with Crippen molar-refractivity contribution in [2.24, 2.45) is 0 Å². The van der Waals surface area contributed by atoms with Crippen LogP contribution >= 0.6 is 0 Å². The van der Waals surface area contributed by atoms with Gasteiger partial charge in [-0.2, -0.15) is 0 Å². The van der Waals surface area contributed by atoms with Crippen LogP contribution in [0.5, 0.6) is 0 Å². The molecule has 0 radical (unpaired) electrons. The highest BCUT2D eigenvalue weighted by molar-refractivity contribution is 5.80. The fraction of sp³-hybridized carbons (Fsp3) is 0.710. The Morgan fingerprint density at radius 2 is 1.14 bits per heavy atom. The van der Waals surface area contributed by atoms with E-state index in [1.54, 1.807) is 6.08 Å². The summed E-state index contributed by atoms with van der Waals surface area (Å²) in [4.78, 5) is 12.3. The topological polar surface area (TPSA) is 89.8 Å². The Balaban J connectivity index is 3.99. The largest absolute Gasteiger partial charge is 0.394 e. The minimum atomic E-state index is -1.12. The van der Waals surface area contributed by atoms with E-state index >= 15 is 0 Å². The molecule has 1 amide bonds. The maximum Gasteiger partial charge on any atom is 0.249 e. The van der Waals surface area contributed by atoms with Gasteiger partial charge in [0.05, 0.1) is 18.8 Å². The van der Waals surface area contributed by atoms with Gasteiger partial charge in [0.1, 0.15) is 6.10 Å². The molecular formula is C31H55NO4. The third-order valence-corrected chi connectivity index (χ3v) is 6.12. The summed E-state index contributed by atoms with van der Waals surface area (Å²) in [6.45, 7) is 4.01. The fourth-order valence-corrected chi connectivity index (χ4v) is 3.71. The first kappa shape index (κ1) is 34.3. The molecule has 0 aromatic rings. The number of carbonyl (C=O) groups excluding carboxylic acids is 1. The smallest absolute Gasteiger partial charge is 0.249 e. The predicted octanol–water partition coefficient (Wildman–Crippen LogP) is 6.69. The SMILES string of the molecule is CCCC/C=C\CCCCCCC(O)C(=O)NC(CO)C(O)/C=C/CC/C=C/CC/C=C/CCCC. The summed E-state index contributed by atoms with van der Waals surface area (Å²) in [6, 6.07) is -0.821. The number of hydrogen-bond acceptors (Lipinski definition) is 4. The van der Waals surface area contributed by atoms with Crippen LogP contribution in [0.1, 0.15) is 117 Å². The second-order valence-electron chi connectivity index (χ2n) is 9.58. The Hall–Kier alpha value is -1.69. The Bertz CT molecular complexity index is 612. The van der Waals surface area contributed by atoms with Crippen LogP contribution in [0.4, 0.5) is 0 Å². The molecule has 0 fully saturated rings. The standard InChI is InChI=1S/C31H55NO4/c1-3-5-7-9-11-13-15-16-18-19-21-23-25-29(34)28(27-33)32-31(36)30(35)26-24-22-20-17-14-12-10-8-6-4-2/h9-12,16,18,23,25,28-30,33-35H,3-8,13-15,17,19-22,24,26-27H2,1-2H3,(H,32,36)/b11-9+,12-10-,18-16+,25-23+. The number of amides is 1. The van der Waals surface area contributed by atoms with Crippen molar-refractivity contribution in [1.29, 1.82) is 0 Å². The lowest BCUT2D eigenvalue weighted by Gasteiger charge is -2.21. The van der Waals surface area contributed by atoms with Gasteiger partial charge in [-0.25, -0.2) is 0 Å². The van der Waals surface area contributed by atoms with Crippen LogP contribution < -0.4 is 5.32 Å². The van der Waals surface area contributed by atoms with Gasteiger partial charge in [0.2, 0.25) is 5.91 Å². The lowest BCUT2D eigenvalue weighted by molar-refractivity contribution is -0.131. The maximum absolute atomic E-state index is 12.3. The number of allylic oxidation sites excluding steroid dienone is 7. The minimum absolute atomic E-state index is 0.387. The number of aliphatic hydroxyl groups is 3. The van der Waals surface area contributed by atoms with E-state index in [0.29, 0.717) is 6.42 Å². The molecule has 0 aliphatic heterocycles. The van der Waals surface area contributed by atoms with E-state index in [1.807, 2.05) is 6.08 Å². The lowest BCUT2D eigenvalue weighted by Crippen LogP contribution is -2.48. The highest BCUT2D eigenvalue weighted by Gasteiger charge is 2.22. The molecule has 36 heavy (non-hydrogen) atoms. The van der Waals surface area contributed by atoms with E-state index < -0.39 is 24.2 Å². The van der Waals surface area contributed by atoms with Gasteiger partial charge < -0.3 is 20.6 Å². The highest BCUT2D eigenvalue weighted by Crippen LogP contribution is 2.09. The molecule has 3 unspecified atom stereocenters. The minimum Gasteiger partial charge on any atom is -0.394 e. The van der Waals surface area contributed by atoms with Gasteiger partial charge >= 0.3 is 0 Å². The average Bonchev–Trinajstić information content (AvgIpc) is 2.88. The fourth-order valence-electron chi connectivity index (χ4n) is 3.71. The zero-order valence-electron chi connectivity index (χ0n) is 23.1. The predicted molar refractivity (Wildman–Crippen MR) is 153 cm³/mol. The summed E-state index contributed by atoms with van der Waals surface area (Å²) in [7, 11) is 0. The second kappa shape index (κ2) is 26.4. The van der Waals surface area contributed by atoms with Gasteiger partial charge in [-0.3, -0.25) is 4.79 Å². The molecule has 0 saturated heterocycles. The Morgan fingerprint density at radius 1 is 0.667 bits per heavy atom. The molecule has 3 atom stereocenters.